The summed E-state index contributed by atoms with van der Waals surface area (Å²) in [5, 5.41) is 4.02. The molecule has 1 atom stereocenters. The van der Waals surface area contributed by atoms with Gasteiger partial charge in [0, 0.05) is 37.4 Å². The number of carbonyl (C=O) groups excluding carboxylic acids is 1. The van der Waals surface area contributed by atoms with Crippen molar-refractivity contribution in [1.29, 1.82) is 0 Å². The average Bonchev–Trinajstić information content (AvgIpc) is 2.82. The van der Waals surface area contributed by atoms with Crippen LogP contribution >= 0.6 is 11.6 Å². The van der Waals surface area contributed by atoms with E-state index in [1.54, 1.807) is 18.3 Å². The quantitative estimate of drug-likeness (QED) is 0.623. The summed E-state index contributed by atoms with van der Waals surface area (Å²) in [7, 11) is 0. The van der Waals surface area contributed by atoms with Gasteiger partial charge in [0.05, 0.1) is 30.2 Å². The summed E-state index contributed by atoms with van der Waals surface area (Å²) in [6.07, 6.45) is 1.67. The maximum Gasteiger partial charge on any atom is 0.257 e. The van der Waals surface area contributed by atoms with E-state index in [1.807, 2.05) is 35.8 Å². The second kappa shape index (κ2) is 9.17. The smallest absolute Gasteiger partial charge is 0.257 e. The molecule has 8 heteroatoms. The van der Waals surface area contributed by atoms with Gasteiger partial charge in [-0.3, -0.25) is 14.5 Å². The lowest BCUT2D eigenvalue weighted by Gasteiger charge is -2.29. The SMILES string of the molecule is CC1COc2cc(CN3CCOCC3)cc3c(=O)c(C(=O)NCc4ccc(Cl)cc4)cn1c23. The topological polar surface area (TPSA) is 72.8 Å². The lowest BCUT2D eigenvalue weighted by molar-refractivity contribution is 0.0341. The summed E-state index contributed by atoms with van der Waals surface area (Å²) in [6, 6.07) is 11.2. The van der Waals surface area contributed by atoms with Crippen molar-refractivity contribution in [3.05, 3.63) is 74.5 Å². The van der Waals surface area contributed by atoms with E-state index in [0.29, 0.717) is 49.1 Å². The number of benzene rings is 2. The van der Waals surface area contributed by atoms with Crippen molar-refractivity contribution >= 4 is 28.4 Å². The lowest BCUT2D eigenvalue weighted by atomic mass is 10.0. The molecule has 2 aromatic carbocycles. The van der Waals surface area contributed by atoms with Crippen molar-refractivity contribution in [2.24, 2.45) is 0 Å². The Morgan fingerprint density at radius 3 is 2.67 bits per heavy atom. The van der Waals surface area contributed by atoms with Gasteiger partial charge in [-0.05, 0) is 42.3 Å². The summed E-state index contributed by atoms with van der Waals surface area (Å²) in [4.78, 5) is 28.8. The highest BCUT2D eigenvalue weighted by Gasteiger charge is 2.25. The molecule has 33 heavy (non-hydrogen) atoms. The zero-order valence-corrected chi connectivity index (χ0v) is 19.2. The maximum atomic E-state index is 13.4. The van der Waals surface area contributed by atoms with Crippen LogP contribution in [0.4, 0.5) is 0 Å². The molecule has 2 aliphatic heterocycles. The van der Waals surface area contributed by atoms with Gasteiger partial charge in [0.2, 0.25) is 5.43 Å². The highest BCUT2D eigenvalue weighted by Crippen LogP contribution is 2.33. The number of nitrogens with zero attached hydrogens (tertiary/aromatic N) is 2. The number of morpholine rings is 1. The van der Waals surface area contributed by atoms with Gasteiger partial charge in [0.15, 0.2) is 0 Å². The van der Waals surface area contributed by atoms with Gasteiger partial charge in [-0.15, -0.1) is 0 Å². The van der Waals surface area contributed by atoms with E-state index < -0.39 is 0 Å². The Bertz CT molecular complexity index is 1250. The van der Waals surface area contributed by atoms with E-state index in [-0.39, 0.29) is 22.9 Å². The minimum absolute atomic E-state index is 0.00788. The fourth-order valence-corrected chi connectivity index (χ4v) is 4.54. The molecule has 5 rings (SSSR count). The van der Waals surface area contributed by atoms with Gasteiger partial charge in [-0.1, -0.05) is 23.7 Å². The molecular formula is C25H26ClN3O4. The number of rotatable bonds is 5. The zero-order valence-electron chi connectivity index (χ0n) is 18.5. The van der Waals surface area contributed by atoms with Crippen LogP contribution in [0.2, 0.25) is 5.02 Å². The van der Waals surface area contributed by atoms with E-state index >= 15 is 0 Å². The van der Waals surface area contributed by atoms with Crippen molar-refractivity contribution in [3.63, 3.8) is 0 Å². The first-order chi connectivity index (χ1) is 16.0. The monoisotopic (exact) mass is 467 g/mol. The second-order valence-corrected chi connectivity index (χ2v) is 9.06. The third-order valence-corrected chi connectivity index (χ3v) is 6.48. The van der Waals surface area contributed by atoms with Crippen LogP contribution in [-0.2, 0) is 17.8 Å². The standard InChI is InChI=1S/C25H26ClN3O4/c1-16-15-33-22-11-18(13-28-6-8-32-9-7-28)10-20-23(22)29(16)14-21(24(20)30)25(31)27-12-17-2-4-19(26)5-3-17/h2-5,10-11,14,16H,6-9,12-13,15H2,1H3,(H,27,31). The van der Waals surface area contributed by atoms with Crippen LogP contribution < -0.4 is 15.5 Å². The van der Waals surface area contributed by atoms with Crippen LogP contribution in [0.25, 0.3) is 10.9 Å². The summed E-state index contributed by atoms with van der Waals surface area (Å²) < 4.78 is 13.4. The number of hydrogen-bond donors (Lipinski definition) is 1. The van der Waals surface area contributed by atoms with Crippen molar-refractivity contribution < 1.29 is 14.3 Å². The number of pyridine rings is 1. The van der Waals surface area contributed by atoms with Crippen molar-refractivity contribution in [3.8, 4) is 5.75 Å². The molecule has 0 radical (unpaired) electrons. The maximum absolute atomic E-state index is 13.4. The van der Waals surface area contributed by atoms with Crippen LogP contribution in [0.1, 0.15) is 34.5 Å². The molecular weight excluding hydrogens is 442 g/mol. The van der Waals surface area contributed by atoms with Gasteiger partial charge in [0.1, 0.15) is 17.9 Å². The van der Waals surface area contributed by atoms with E-state index in [2.05, 4.69) is 10.2 Å². The minimum Gasteiger partial charge on any atom is -0.489 e. The molecule has 0 aliphatic carbocycles. The summed E-state index contributed by atoms with van der Waals surface area (Å²) in [5.74, 6) is 0.304. The first-order valence-electron chi connectivity index (χ1n) is 11.2. The predicted molar refractivity (Wildman–Crippen MR) is 127 cm³/mol. The number of nitrogens with one attached hydrogen (secondary N) is 1. The van der Waals surface area contributed by atoms with Gasteiger partial charge in [-0.2, -0.15) is 0 Å². The molecule has 1 unspecified atom stereocenters. The van der Waals surface area contributed by atoms with E-state index in [1.165, 1.54) is 0 Å². The molecule has 0 saturated carbocycles. The number of amides is 1. The lowest BCUT2D eigenvalue weighted by Crippen LogP contribution is -2.36. The first kappa shape index (κ1) is 21.9. The molecule has 1 saturated heterocycles. The van der Waals surface area contributed by atoms with E-state index in [0.717, 1.165) is 29.7 Å². The summed E-state index contributed by atoms with van der Waals surface area (Å²) in [5.41, 5.74) is 2.51. The van der Waals surface area contributed by atoms with Crippen molar-refractivity contribution in [2.75, 3.05) is 32.9 Å². The molecule has 1 aromatic heterocycles. The molecule has 1 amide bonds. The summed E-state index contributed by atoms with van der Waals surface area (Å²) in [6.45, 7) is 6.64. The molecule has 3 heterocycles. The molecule has 0 bridgehead atoms. The number of halogens is 1. The normalized spacial score (nSPS) is 18.2. The number of carbonyl (C=O) groups is 1. The molecule has 7 nitrogen and oxygen atoms in total. The van der Waals surface area contributed by atoms with Crippen LogP contribution in [0.3, 0.4) is 0 Å². The Balaban J connectivity index is 1.50. The first-order valence-corrected chi connectivity index (χ1v) is 11.5. The largest absolute Gasteiger partial charge is 0.489 e. The van der Waals surface area contributed by atoms with E-state index in [4.69, 9.17) is 21.1 Å². The Hall–Kier alpha value is -2.87. The Morgan fingerprint density at radius 1 is 1.15 bits per heavy atom. The molecule has 1 N–H and O–H groups in total. The summed E-state index contributed by atoms with van der Waals surface area (Å²) >= 11 is 5.94. The van der Waals surface area contributed by atoms with Crippen molar-refractivity contribution in [2.45, 2.75) is 26.1 Å². The van der Waals surface area contributed by atoms with Crippen LogP contribution in [-0.4, -0.2) is 48.3 Å². The predicted octanol–water partition coefficient (Wildman–Crippen LogP) is 3.37. The average molecular weight is 468 g/mol. The van der Waals surface area contributed by atoms with Crippen LogP contribution in [0.15, 0.2) is 47.4 Å². The molecule has 2 aliphatic rings. The van der Waals surface area contributed by atoms with Gasteiger partial charge >= 0.3 is 0 Å². The minimum atomic E-state index is -0.389. The van der Waals surface area contributed by atoms with Gasteiger partial charge in [0.25, 0.3) is 5.91 Å². The Kier molecular flexibility index (Phi) is 6.10. The molecule has 0 spiro atoms. The second-order valence-electron chi connectivity index (χ2n) is 8.63. The van der Waals surface area contributed by atoms with Crippen molar-refractivity contribution in [1.82, 2.24) is 14.8 Å². The Labute approximate surface area is 196 Å². The van der Waals surface area contributed by atoms with Gasteiger partial charge in [-0.25, -0.2) is 0 Å². The number of ether oxygens (including phenoxy) is 2. The third-order valence-electron chi connectivity index (χ3n) is 6.23. The number of aromatic nitrogens is 1. The highest BCUT2D eigenvalue weighted by atomic mass is 35.5. The fourth-order valence-electron chi connectivity index (χ4n) is 4.41. The van der Waals surface area contributed by atoms with Crippen LogP contribution in [0.5, 0.6) is 5.75 Å². The third kappa shape index (κ3) is 4.49. The zero-order chi connectivity index (χ0) is 22.9. The molecule has 172 valence electrons. The number of hydrogen-bond acceptors (Lipinski definition) is 5. The fraction of sp³-hybridized carbons (Fsp3) is 0.360. The Morgan fingerprint density at radius 2 is 1.91 bits per heavy atom. The van der Waals surface area contributed by atoms with E-state index in [9.17, 15) is 9.59 Å². The highest BCUT2D eigenvalue weighted by molar-refractivity contribution is 6.30. The van der Waals surface area contributed by atoms with Gasteiger partial charge < -0.3 is 19.4 Å². The molecule has 1 fully saturated rings. The van der Waals surface area contributed by atoms with Crippen LogP contribution in [0, 0.1) is 0 Å². The molecule has 3 aromatic rings.